The van der Waals surface area contributed by atoms with E-state index < -0.39 is 0 Å². The summed E-state index contributed by atoms with van der Waals surface area (Å²) in [6.07, 6.45) is 1.11. The molecule has 2 N–H and O–H groups in total. The van der Waals surface area contributed by atoms with E-state index in [1.54, 1.807) is 0 Å². The lowest BCUT2D eigenvalue weighted by molar-refractivity contribution is 0.787. The Morgan fingerprint density at radius 2 is 1.76 bits per heavy atom. The molecule has 0 saturated carbocycles. The van der Waals surface area contributed by atoms with Gasteiger partial charge in [-0.15, -0.1) is 0 Å². The van der Waals surface area contributed by atoms with Gasteiger partial charge in [0.25, 0.3) is 0 Å². The van der Waals surface area contributed by atoms with Crippen molar-refractivity contribution in [3.8, 4) is 0 Å². The predicted molar refractivity (Wildman–Crippen MR) is 72.5 cm³/mol. The molecule has 1 heterocycles. The normalized spacial score (nSPS) is 17.3. The molecule has 0 spiro atoms. The predicted octanol–water partition coefficient (Wildman–Crippen LogP) is 3.14. The summed E-state index contributed by atoms with van der Waals surface area (Å²) in [6.45, 7) is 0.957. The third-order valence-electron chi connectivity index (χ3n) is 3.17. The van der Waals surface area contributed by atoms with Gasteiger partial charge in [0, 0.05) is 24.0 Å². The highest BCUT2D eigenvalue weighted by Gasteiger charge is 2.19. The molecule has 0 bridgehead atoms. The van der Waals surface area contributed by atoms with E-state index >= 15 is 0 Å². The Labute approximate surface area is 102 Å². The van der Waals surface area contributed by atoms with Crippen molar-refractivity contribution in [1.82, 2.24) is 0 Å². The fourth-order valence-electron chi connectivity index (χ4n) is 2.30. The first-order valence-electron chi connectivity index (χ1n) is 6.05. The number of rotatable bonds is 3. The second-order valence-electron chi connectivity index (χ2n) is 4.45. The average Bonchev–Trinajstić information content (AvgIpc) is 2.80. The van der Waals surface area contributed by atoms with Gasteiger partial charge in [0.2, 0.25) is 0 Å². The largest absolute Gasteiger partial charge is 0.383 e. The third kappa shape index (κ3) is 2.26. The second-order valence-corrected chi connectivity index (χ2v) is 4.45. The Bertz CT molecular complexity index is 468. The quantitative estimate of drug-likeness (QED) is 0.837. The highest BCUT2D eigenvalue weighted by Crippen LogP contribution is 2.25. The zero-order chi connectivity index (χ0) is 11.5. The third-order valence-corrected chi connectivity index (χ3v) is 3.17. The summed E-state index contributed by atoms with van der Waals surface area (Å²) in [5.74, 6) is 0. The van der Waals surface area contributed by atoms with Crippen LogP contribution in [-0.4, -0.2) is 12.6 Å². The van der Waals surface area contributed by atoms with Crippen LogP contribution in [0.1, 0.15) is 5.56 Å². The van der Waals surface area contributed by atoms with Crippen LogP contribution < -0.4 is 10.6 Å². The number of benzene rings is 2. The summed E-state index contributed by atoms with van der Waals surface area (Å²) in [6, 6.07) is 19.4. The Balaban J connectivity index is 1.59. The van der Waals surface area contributed by atoms with Gasteiger partial charge < -0.3 is 10.6 Å². The fourth-order valence-corrected chi connectivity index (χ4v) is 2.30. The van der Waals surface area contributed by atoms with E-state index in [0.29, 0.717) is 6.04 Å². The van der Waals surface area contributed by atoms with Crippen molar-refractivity contribution in [3.05, 3.63) is 60.2 Å². The van der Waals surface area contributed by atoms with E-state index in [0.717, 1.165) is 13.0 Å². The van der Waals surface area contributed by atoms with E-state index in [9.17, 15) is 0 Å². The Kier molecular flexibility index (Phi) is 2.70. The van der Waals surface area contributed by atoms with Gasteiger partial charge in [-0.3, -0.25) is 0 Å². The summed E-state index contributed by atoms with van der Waals surface area (Å²) in [5, 5.41) is 7.00. The van der Waals surface area contributed by atoms with Crippen LogP contribution in [-0.2, 0) is 6.42 Å². The minimum absolute atomic E-state index is 0.493. The van der Waals surface area contributed by atoms with Gasteiger partial charge in [0.1, 0.15) is 0 Å². The monoisotopic (exact) mass is 224 g/mol. The molecular weight excluding hydrogens is 208 g/mol. The minimum Gasteiger partial charge on any atom is -0.383 e. The molecule has 1 aliphatic rings. The average molecular weight is 224 g/mol. The molecule has 1 atom stereocenters. The summed E-state index contributed by atoms with van der Waals surface area (Å²) in [7, 11) is 0. The molecule has 0 fully saturated rings. The van der Waals surface area contributed by atoms with E-state index in [1.165, 1.54) is 16.9 Å². The van der Waals surface area contributed by atoms with Crippen molar-refractivity contribution in [2.45, 2.75) is 12.5 Å². The van der Waals surface area contributed by atoms with E-state index in [4.69, 9.17) is 0 Å². The summed E-state index contributed by atoms with van der Waals surface area (Å²) < 4.78 is 0. The Hall–Kier alpha value is -1.96. The van der Waals surface area contributed by atoms with Crippen LogP contribution in [0.2, 0.25) is 0 Å². The van der Waals surface area contributed by atoms with Crippen molar-refractivity contribution < 1.29 is 0 Å². The fraction of sp³-hybridized carbons (Fsp3) is 0.200. The summed E-state index contributed by atoms with van der Waals surface area (Å²) in [5.41, 5.74) is 3.89. The molecule has 1 aliphatic heterocycles. The lowest BCUT2D eigenvalue weighted by atomic mass is 10.1. The van der Waals surface area contributed by atoms with Gasteiger partial charge in [-0.1, -0.05) is 36.4 Å². The van der Waals surface area contributed by atoms with Crippen molar-refractivity contribution in [2.75, 3.05) is 17.2 Å². The van der Waals surface area contributed by atoms with Crippen molar-refractivity contribution in [2.24, 2.45) is 0 Å². The number of para-hydroxylation sites is 2. The van der Waals surface area contributed by atoms with Crippen LogP contribution in [0, 0.1) is 0 Å². The molecule has 0 radical (unpaired) electrons. The SMILES string of the molecule is c1ccc(NCC2Cc3ccccc3N2)cc1. The van der Waals surface area contributed by atoms with Crippen LogP contribution in [0.15, 0.2) is 54.6 Å². The summed E-state index contributed by atoms with van der Waals surface area (Å²) >= 11 is 0. The maximum atomic E-state index is 3.54. The maximum absolute atomic E-state index is 3.54. The molecule has 17 heavy (non-hydrogen) atoms. The maximum Gasteiger partial charge on any atom is 0.0475 e. The molecule has 0 aliphatic carbocycles. The zero-order valence-corrected chi connectivity index (χ0v) is 9.69. The van der Waals surface area contributed by atoms with E-state index in [-0.39, 0.29) is 0 Å². The van der Waals surface area contributed by atoms with E-state index in [1.807, 2.05) is 6.07 Å². The van der Waals surface area contributed by atoms with Crippen molar-refractivity contribution >= 4 is 11.4 Å². The van der Waals surface area contributed by atoms with Crippen LogP contribution in [0.25, 0.3) is 0 Å². The molecule has 2 nitrogen and oxygen atoms in total. The molecule has 0 saturated heterocycles. The molecule has 2 aromatic rings. The summed E-state index contributed by atoms with van der Waals surface area (Å²) in [4.78, 5) is 0. The zero-order valence-electron chi connectivity index (χ0n) is 9.69. The lowest BCUT2D eigenvalue weighted by Gasteiger charge is -2.13. The number of hydrogen-bond acceptors (Lipinski definition) is 2. The highest BCUT2D eigenvalue weighted by molar-refractivity contribution is 5.57. The lowest BCUT2D eigenvalue weighted by Crippen LogP contribution is -2.25. The minimum atomic E-state index is 0.493. The van der Waals surface area contributed by atoms with Crippen molar-refractivity contribution in [3.63, 3.8) is 0 Å². The van der Waals surface area contributed by atoms with Gasteiger partial charge in [0.05, 0.1) is 0 Å². The van der Waals surface area contributed by atoms with Crippen molar-refractivity contribution in [1.29, 1.82) is 0 Å². The van der Waals surface area contributed by atoms with Gasteiger partial charge >= 0.3 is 0 Å². The Morgan fingerprint density at radius 1 is 1.00 bits per heavy atom. The van der Waals surface area contributed by atoms with Gasteiger partial charge in [-0.05, 0) is 30.2 Å². The van der Waals surface area contributed by atoms with Gasteiger partial charge in [0.15, 0.2) is 0 Å². The second kappa shape index (κ2) is 4.50. The smallest absolute Gasteiger partial charge is 0.0475 e. The van der Waals surface area contributed by atoms with Gasteiger partial charge in [-0.25, -0.2) is 0 Å². The van der Waals surface area contributed by atoms with E-state index in [2.05, 4.69) is 59.2 Å². The molecule has 86 valence electrons. The molecule has 1 unspecified atom stereocenters. The Morgan fingerprint density at radius 3 is 2.59 bits per heavy atom. The first kappa shape index (κ1) is 10.2. The number of fused-ring (bicyclic) bond motifs is 1. The van der Waals surface area contributed by atoms with Crippen LogP contribution >= 0.6 is 0 Å². The van der Waals surface area contributed by atoms with Crippen LogP contribution in [0.4, 0.5) is 11.4 Å². The first-order chi connectivity index (χ1) is 8.42. The molecule has 0 amide bonds. The van der Waals surface area contributed by atoms with Gasteiger partial charge in [-0.2, -0.15) is 0 Å². The molecule has 2 heteroatoms. The standard InChI is InChI=1S/C15H16N2/c1-2-7-13(8-3-1)16-11-14-10-12-6-4-5-9-15(12)17-14/h1-9,14,16-17H,10-11H2. The molecule has 3 rings (SSSR count). The number of nitrogens with one attached hydrogen (secondary N) is 2. The number of anilines is 2. The molecule has 2 aromatic carbocycles. The molecule has 0 aromatic heterocycles. The number of hydrogen-bond donors (Lipinski definition) is 2. The topological polar surface area (TPSA) is 24.1 Å². The molecular formula is C15H16N2. The highest BCUT2D eigenvalue weighted by atomic mass is 15.0. The van der Waals surface area contributed by atoms with Crippen LogP contribution in [0.3, 0.4) is 0 Å². The first-order valence-corrected chi connectivity index (χ1v) is 6.05. The van der Waals surface area contributed by atoms with Crippen LogP contribution in [0.5, 0.6) is 0 Å².